The third-order valence-corrected chi connectivity index (χ3v) is 2.30. The summed E-state index contributed by atoms with van der Waals surface area (Å²) in [4.78, 5) is 21.6. The summed E-state index contributed by atoms with van der Waals surface area (Å²) in [5, 5.41) is 13.1. The third-order valence-electron chi connectivity index (χ3n) is 1.81. The van der Waals surface area contributed by atoms with E-state index < -0.39 is 18.5 Å². The topological polar surface area (TPSA) is 87.7 Å². The Hall–Kier alpha value is -1.76. The summed E-state index contributed by atoms with van der Waals surface area (Å²) in [5.74, 6) is -0.625. The van der Waals surface area contributed by atoms with Crippen molar-refractivity contribution in [1.29, 1.82) is 0 Å². The fourth-order valence-electron chi connectivity index (χ4n) is 1.10. The molecule has 0 fully saturated rings. The molecular formula is C10H11BrN2O4. The van der Waals surface area contributed by atoms with Crippen LogP contribution in [0.15, 0.2) is 22.7 Å². The molecule has 0 bridgehead atoms. The van der Waals surface area contributed by atoms with Gasteiger partial charge in [-0.25, -0.2) is 4.79 Å². The molecule has 0 spiro atoms. The van der Waals surface area contributed by atoms with Gasteiger partial charge in [-0.05, 0) is 18.2 Å². The molecule has 3 N–H and O–H groups in total. The first kappa shape index (κ1) is 13.3. The Labute approximate surface area is 106 Å². The Kier molecular flexibility index (Phi) is 4.77. The summed E-state index contributed by atoms with van der Waals surface area (Å²) >= 11 is 3.26. The number of halogens is 1. The minimum absolute atomic E-state index is 0.442. The number of carbonyl (C=O) groups is 2. The second-order valence-corrected chi connectivity index (χ2v) is 3.96. The van der Waals surface area contributed by atoms with Gasteiger partial charge in [0, 0.05) is 4.47 Å². The maximum absolute atomic E-state index is 11.3. The Morgan fingerprint density at radius 2 is 2.18 bits per heavy atom. The van der Waals surface area contributed by atoms with Crippen LogP contribution in [0.4, 0.5) is 10.5 Å². The summed E-state index contributed by atoms with van der Waals surface area (Å²) in [5.41, 5.74) is 0.449. The van der Waals surface area contributed by atoms with Crippen LogP contribution in [0.3, 0.4) is 0 Å². The molecule has 0 radical (unpaired) electrons. The smallest absolute Gasteiger partial charge is 0.323 e. The second kappa shape index (κ2) is 6.09. The van der Waals surface area contributed by atoms with Crippen LogP contribution in [-0.4, -0.2) is 30.8 Å². The number of carboxylic acids is 1. The van der Waals surface area contributed by atoms with Gasteiger partial charge in [0.1, 0.15) is 12.3 Å². The molecule has 0 aromatic heterocycles. The Bertz CT molecular complexity index is 436. The lowest BCUT2D eigenvalue weighted by molar-refractivity contribution is -0.135. The molecule has 1 aromatic carbocycles. The number of aliphatic carboxylic acids is 1. The molecule has 0 aliphatic carbocycles. The average molecular weight is 303 g/mol. The highest BCUT2D eigenvalue weighted by Crippen LogP contribution is 2.27. The van der Waals surface area contributed by atoms with E-state index in [1.165, 1.54) is 7.11 Å². The van der Waals surface area contributed by atoms with Crippen LogP contribution in [0.5, 0.6) is 5.75 Å². The number of carboxylic acid groups (broad SMARTS) is 1. The molecule has 1 rings (SSSR count). The summed E-state index contributed by atoms with van der Waals surface area (Å²) in [6, 6.07) is 4.48. The van der Waals surface area contributed by atoms with Crippen molar-refractivity contribution < 1.29 is 19.4 Å². The number of methoxy groups -OCH3 is 1. The van der Waals surface area contributed by atoms with Gasteiger partial charge in [-0.1, -0.05) is 15.9 Å². The summed E-state index contributed by atoms with van der Waals surface area (Å²) in [6.45, 7) is -0.442. The number of anilines is 1. The number of hydrogen-bond donors (Lipinski definition) is 3. The van der Waals surface area contributed by atoms with Gasteiger partial charge in [0.15, 0.2) is 0 Å². The zero-order chi connectivity index (χ0) is 12.8. The lowest BCUT2D eigenvalue weighted by Crippen LogP contribution is -2.33. The van der Waals surface area contributed by atoms with Gasteiger partial charge in [-0.2, -0.15) is 0 Å². The SMILES string of the molecule is COc1ccc(Br)cc1NC(=O)NCC(=O)O. The third kappa shape index (κ3) is 4.31. The lowest BCUT2D eigenvalue weighted by Gasteiger charge is -2.10. The van der Waals surface area contributed by atoms with Crippen LogP contribution in [0.25, 0.3) is 0 Å². The predicted octanol–water partition coefficient (Wildman–Crippen LogP) is 1.66. The van der Waals surface area contributed by atoms with Crippen molar-refractivity contribution in [3.63, 3.8) is 0 Å². The molecule has 1 aromatic rings. The normalized spacial score (nSPS) is 9.53. The molecule has 0 heterocycles. The number of ether oxygens (including phenoxy) is 1. The minimum atomic E-state index is -1.11. The van der Waals surface area contributed by atoms with Gasteiger partial charge in [0.2, 0.25) is 0 Å². The molecule has 0 aliphatic heterocycles. The zero-order valence-corrected chi connectivity index (χ0v) is 10.6. The maximum Gasteiger partial charge on any atom is 0.323 e. The van der Waals surface area contributed by atoms with Gasteiger partial charge in [0.05, 0.1) is 12.8 Å². The Balaban J connectivity index is 2.69. The number of amides is 2. The van der Waals surface area contributed by atoms with Crippen LogP contribution >= 0.6 is 15.9 Å². The predicted molar refractivity (Wildman–Crippen MR) is 65.4 cm³/mol. The van der Waals surface area contributed by atoms with E-state index in [9.17, 15) is 9.59 Å². The number of hydrogen-bond acceptors (Lipinski definition) is 3. The van der Waals surface area contributed by atoms with E-state index in [1.807, 2.05) is 0 Å². The van der Waals surface area contributed by atoms with Gasteiger partial charge >= 0.3 is 12.0 Å². The number of urea groups is 1. The van der Waals surface area contributed by atoms with Gasteiger partial charge in [0.25, 0.3) is 0 Å². The minimum Gasteiger partial charge on any atom is -0.495 e. The summed E-state index contributed by atoms with van der Waals surface area (Å²) < 4.78 is 5.82. The first-order valence-electron chi connectivity index (χ1n) is 4.63. The van der Waals surface area contributed by atoms with Crippen LogP contribution in [0.2, 0.25) is 0 Å². The first-order chi connectivity index (χ1) is 8.02. The quantitative estimate of drug-likeness (QED) is 0.789. The Morgan fingerprint density at radius 1 is 1.47 bits per heavy atom. The van der Waals surface area contributed by atoms with Gasteiger partial charge in [-0.3, -0.25) is 4.79 Å². The standard InChI is InChI=1S/C10H11BrN2O4/c1-17-8-3-2-6(11)4-7(8)13-10(16)12-5-9(14)15/h2-4H,5H2,1H3,(H,14,15)(H2,12,13,16). The molecule has 17 heavy (non-hydrogen) atoms. The highest BCUT2D eigenvalue weighted by molar-refractivity contribution is 9.10. The van der Waals surface area contributed by atoms with E-state index in [0.29, 0.717) is 11.4 Å². The molecule has 7 heteroatoms. The van der Waals surface area contributed by atoms with Crippen LogP contribution in [0, 0.1) is 0 Å². The summed E-state index contributed by atoms with van der Waals surface area (Å²) in [6.07, 6.45) is 0. The number of nitrogens with one attached hydrogen (secondary N) is 2. The van der Waals surface area contributed by atoms with E-state index in [-0.39, 0.29) is 0 Å². The Morgan fingerprint density at radius 3 is 2.76 bits per heavy atom. The van der Waals surface area contributed by atoms with Crippen LogP contribution in [-0.2, 0) is 4.79 Å². The zero-order valence-electron chi connectivity index (χ0n) is 8.99. The van der Waals surface area contributed by atoms with Crippen molar-refractivity contribution in [3.05, 3.63) is 22.7 Å². The molecule has 0 atom stereocenters. The highest BCUT2D eigenvalue weighted by Gasteiger charge is 2.08. The first-order valence-corrected chi connectivity index (χ1v) is 5.42. The van der Waals surface area contributed by atoms with E-state index in [0.717, 1.165) is 4.47 Å². The highest BCUT2D eigenvalue weighted by atomic mass is 79.9. The molecule has 0 aliphatic rings. The van der Waals surface area contributed by atoms with Crippen molar-refractivity contribution in [3.8, 4) is 5.75 Å². The van der Waals surface area contributed by atoms with Crippen LogP contribution < -0.4 is 15.4 Å². The fraction of sp³-hybridized carbons (Fsp3) is 0.200. The molecule has 2 amide bonds. The molecule has 6 nitrogen and oxygen atoms in total. The lowest BCUT2D eigenvalue weighted by atomic mass is 10.3. The van der Waals surface area contributed by atoms with Crippen molar-refractivity contribution in [1.82, 2.24) is 5.32 Å². The van der Waals surface area contributed by atoms with Gasteiger partial charge < -0.3 is 20.5 Å². The molecule has 0 saturated carbocycles. The van der Waals surface area contributed by atoms with E-state index >= 15 is 0 Å². The van der Waals surface area contributed by atoms with Gasteiger partial charge in [-0.15, -0.1) is 0 Å². The van der Waals surface area contributed by atoms with Crippen LogP contribution in [0.1, 0.15) is 0 Å². The molecule has 0 unspecified atom stereocenters. The molecule has 0 saturated heterocycles. The van der Waals surface area contributed by atoms with Crippen molar-refractivity contribution in [2.24, 2.45) is 0 Å². The van der Waals surface area contributed by atoms with Crippen molar-refractivity contribution >= 4 is 33.6 Å². The van der Waals surface area contributed by atoms with Crippen molar-refractivity contribution in [2.45, 2.75) is 0 Å². The monoisotopic (exact) mass is 302 g/mol. The molecular weight excluding hydrogens is 292 g/mol. The number of rotatable bonds is 4. The van der Waals surface area contributed by atoms with E-state index in [2.05, 4.69) is 26.6 Å². The molecule has 92 valence electrons. The average Bonchev–Trinajstić information content (AvgIpc) is 2.27. The number of carbonyl (C=O) groups excluding carboxylic acids is 1. The maximum atomic E-state index is 11.3. The fourth-order valence-corrected chi connectivity index (χ4v) is 1.46. The van der Waals surface area contributed by atoms with Crippen molar-refractivity contribution in [2.75, 3.05) is 19.0 Å². The summed E-state index contributed by atoms with van der Waals surface area (Å²) in [7, 11) is 1.48. The largest absolute Gasteiger partial charge is 0.495 e. The van der Waals surface area contributed by atoms with E-state index in [1.54, 1.807) is 18.2 Å². The second-order valence-electron chi connectivity index (χ2n) is 3.05. The van der Waals surface area contributed by atoms with E-state index in [4.69, 9.17) is 9.84 Å². The number of benzene rings is 1.